The van der Waals surface area contributed by atoms with E-state index in [1.54, 1.807) is 0 Å². The molecule has 0 saturated heterocycles. The summed E-state index contributed by atoms with van der Waals surface area (Å²) in [6.07, 6.45) is 3.04. The van der Waals surface area contributed by atoms with E-state index in [0.717, 1.165) is 42.0 Å². The Morgan fingerprint density at radius 2 is 1.95 bits per heavy atom. The van der Waals surface area contributed by atoms with E-state index in [0.29, 0.717) is 5.88 Å². The quantitative estimate of drug-likeness (QED) is 0.775. The van der Waals surface area contributed by atoms with Crippen molar-refractivity contribution in [3.63, 3.8) is 0 Å². The highest BCUT2D eigenvalue weighted by Crippen LogP contribution is 2.19. The van der Waals surface area contributed by atoms with E-state index in [4.69, 9.17) is 16.6 Å². The minimum atomic E-state index is 0.506. The molecule has 0 aliphatic rings. The molecule has 108 valence electrons. The topological polar surface area (TPSA) is 30.7 Å². The second kappa shape index (κ2) is 6.40. The van der Waals surface area contributed by atoms with Crippen molar-refractivity contribution in [3.05, 3.63) is 40.3 Å². The van der Waals surface area contributed by atoms with E-state index in [1.807, 2.05) is 10.7 Å². The smallest absolute Gasteiger partial charge is 0.154 e. The molecule has 20 heavy (non-hydrogen) atoms. The number of alkyl halides is 1. The zero-order chi connectivity index (χ0) is 14.7. The van der Waals surface area contributed by atoms with Crippen LogP contribution in [-0.2, 0) is 18.7 Å². The molecule has 0 radical (unpaired) electrons. The normalized spacial score (nSPS) is 11.1. The minimum absolute atomic E-state index is 0.506. The Bertz CT molecular complexity index is 602. The maximum atomic E-state index is 6.00. The maximum Gasteiger partial charge on any atom is 0.154 e. The predicted molar refractivity (Wildman–Crippen MR) is 83.8 cm³/mol. The SMILES string of the molecule is CCCc1cc(CCl)cc(-n2nc(C)c(CC)c2C)n1. The molecule has 3 nitrogen and oxygen atoms in total. The molecule has 0 bridgehead atoms. The van der Waals surface area contributed by atoms with Crippen molar-refractivity contribution in [2.75, 3.05) is 0 Å². The van der Waals surface area contributed by atoms with Crippen molar-refractivity contribution in [3.8, 4) is 5.82 Å². The number of aryl methyl sites for hydroxylation is 2. The molecule has 0 saturated carbocycles. The van der Waals surface area contributed by atoms with Crippen molar-refractivity contribution < 1.29 is 0 Å². The number of halogens is 1. The van der Waals surface area contributed by atoms with Gasteiger partial charge in [0.15, 0.2) is 5.82 Å². The lowest BCUT2D eigenvalue weighted by Crippen LogP contribution is -2.05. The van der Waals surface area contributed by atoms with E-state index >= 15 is 0 Å². The first-order chi connectivity index (χ1) is 9.60. The van der Waals surface area contributed by atoms with E-state index < -0.39 is 0 Å². The van der Waals surface area contributed by atoms with Crippen molar-refractivity contribution in [2.24, 2.45) is 0 Å². The van der Waals surface area contributed by atoms with E-state index in [2.05, 4.69) is 38.9 Å². The van der Waals surface area contributed by atoms with Crippen LogP contribution in [0.15, 0.2) is 12.1 Å². The first-order valence-corrected chi connectivity index (χ1v) is 7.75. The van der Waals surface area contributed by atoms with Gasteiger partial charge in [-0.3, -0.25) is 0 Å². The molecule has 0 aromatic carbocycles. The molecule has 0 N–H and O–H groups in total. The third-order valence-electron chi connectivity index (χ3n) is 3.60. The zero-order valence-corrected chi connectivity index (χ0v) is 13.5. The molecule has 0 fully saturated rings. The maximum absolute atomic E-state index is 6.00. The fourth-order valence-electron chi connectivity index (χ4n) is 2.61. The van der Waals surface area contributed by atoms with Gasteiger partial charge in [0.05, 0.1) is 5.69 Å². The lowest BCUT2D eigenvalue weighted by molar-refractivity contribution is 0.783. The highest BCUT2D eigenvalue weighted by atomic mass is 35.5. The first-order valence-electron chi connectivity index (χ1n) is 7.21. The Kier molecular flexibility index (Phi) is 4.81. The van der Waals surface area contributed by atoms with Crippen LogP contribution in [0.2, 0.25) is 0 Å². The average Bonchev–Trinajstić information content (AvgIpc) is 2.73. The summed E-state index contributed by atoms with van der Waals surface area (Å²) in [5.41, 5.74) is 5.75. The van der Waals surface area contributed by atoms with Crippen LogP contribution in [0.25, 0.3) is 5.82 Å². The predicted octanol–water partition coefficient (Wildman–Crippen LogP) is 4.14. The largest absolute Gasteiger partial charge is 0.234 e. The van der Waals surface area contributed by atoms with Gasteiger partial charge in [-0.15, -0.1) is 11.6 Å². The van der Waals surface area contributed by atoms with Crippen LogP contribution in [0, 0.1) is 13.8 Å². The summed E-state index contributed by atoms with van der Waals surface area (Å²) in [7, 11) is 0. The summed E-state index contributed by atoms with van der Waals surface area (Å²) in [4.78, 5) is 4.73. The standard InChI is InChI=1S/C16H22ClN3/c1-5-7-14-8-13(10-17)9-16(18-14)20-12(4)15(6-2)11(3)19-20/h8-9H,5-7,10H2,1-4H3. The monoisotopic (exact) mass is 291 g/mol. The van der Waals surface area contributed by atoms with Crippen molar-refractivity contribution in [1.29, 1.82) is 0 Å². The Hall–Kier alpha value is -1.35. The molecule has 4 heteroatoms. The number of pyridine rings is 1. The van der Waals surface area contributed by atoms with Crippen LogP contribution in [0.3, 0.4) is 0 Å². The van der Waals surface area contributed by atoms with Crippen LogP contribution in [0.1, 0.15) is 48.5 Å². The fourth-order valence-corrected chi connectivity index (χ4v) is 2.77. The Morgan fingerprint density at radius 1 is 1.20 bits per heavy atom. The zero-order valence-electron chi connectivity index (χ0n) is 12.7. The van der Waals surface area contributed by atoms with Gasteiger partial charge in [0, 0.05) is 17.3 Å². The highest BCUT2D eigenvalue weighted by molar-refractivity contribution is 6.17. The number of hydrogen-bond donors (Lipinski definition) is 0. The third kappa shape index (κ3) is 2.88. The summed E-state index contributed by atoms with van der Waals surface area (Å²) in [5, 5.41) is 4.64. The van der Waals surface area contributed by atoms with Gasteiger partial charge < -0.3 is 0 Å². The number of hydrogen-bond acceptors (Lipinski definition) is 2. The summed E-state index contributed by atoms with van der Waals surface area (Å²) in [5.74, 6) is 1.39. The molecule has 2 rings (SSSR count). The molecule has 0 aliphatic carbocycles. The highest BCUT2D eigenvalue weighted by Gasteiger charge is 2.13. The van der Waals surface area contributed by atoms with Crippen LogP contribution in [0.4, 0.5) is 0 Å². The van der Waals surface area contributed by atoms with Gasteiger partial charge in [-0.1, -0.05) is 20.3 Å². The molecule has 0 atom stereocenters. The molecular formula is C16H22ClN3. The molecule has 2 aromatic heterocycles. The lowest BCUT2D eigenvalue weighted by Gasteiger charge is -2.09. The summed E-state index contributed by atoms with van der Waals surface area (Å²) in [6, 6.07) is 4.12. The van der Waals surface area contributed by atoms with E-state index in [9.17, 15) is 0 Å². The van der Waals surface area contributed by atoms with Crippen LogP contribution in [-0.4, -0.2) is 14.8 Å². The molecular weight excluding hydrogens is 270 g/mol. The molecule has 0 unspecified atom stereocenters. The summed E-state index contributed by atoms with van der Waals surface area (Å²) < 4.78 is 1.95. The Labute approximate surface area is 126 Å². The number of rotatable bonds is 5. The van der Waals surface area contributed by atoms with Gasteiger partial charge in [0.1, 0.15) is 0 Å². The number of nitrogens with zero attached hydrogens (tertiary/aromatic N) is 3. The van der Waals surface area contributed by atoms with E-state index in [-0.39, 0.29) is 0 Å². The molecule has 0 amide bonds. The Balaban J connectivity index is 2.54. The second-order valence-corrected chi connectivity index (χ2v) is 5.39. The van der Waals surface area contributed by atoms with Gasteiger partial charge >= 0.3 is 0 Å². The molecule has 0 spiro atoms. The van der Waals surface area contributed by atoms with E-state index in [1.165, 1.54) is 11.3 Å². The van der Waals surface area contributed by atoms with Crippen LogP contribution in [0.5, 0.6) is 0 Å². The summed E-state index contributed by atoms with van der Waals surface area (Å²) >= 11 is 6.00. The molecule has 0 aliphatic heterocycles. The third-order valence-corrected chi connectivity index (χ3v) is 3.91. The van der Waals surface area contributed by atoms with Crippen LogP contribution < -0.4 is 0 Å². The van der Waals surface area contributed by atoms with Gasteiger partial charge in [-0.2, -0.15) is 5.10 Å². The van der Waals surface area contributed by atoms with Gasteiger partial charge in [0.2, 0.25) is 0 Å². The van der Waals surface area contributed by atoms with Gasteiger partial charge in [-0.25, -0.2) is 9.67 Å². The lowest BCUT2D eigenvalue weighted by atomic mass is 10.1. The van der Waals surface area contributed by atoms with Crippen LogP contribution >= 0.6 is 11.6 Å². The first kappa shape index (κ1) is 15.0. The van der Waals surface area contributed by atoms with Gasteiger partial charge in [0.25, 0.3) is 0 Å². The molecule has 2 heterocycles. The van der Waals surface area contributed by atoms with Gasteiger partial charge in [-0.05, 0) is 49.9 Å². The van der Waals surface area contributed by atoms with Crippen molar-refractivity contribution in [1.82, 2.24) is 14.8 Å². The minimum Gasteiger partial charge on any atom is -0.234 e. The average molecular weight is 292 g/mol. The van der Waals surface area contributed by atoms with Crippen molar-refractivity contribution in [2.45, 2.75) is 52.8 Å². The number of aromatic nitrogens is 3. The second-order valence-electron chi connectivity index (χ2n) is 5.12. The Morgan fingerprint density at radius 3 is 2.50 bits per heavy atom. The van der Waals surface area contributed by atoms with Crippen molar-refractivity contribution >= 4 is 11.6 Å². The molecule has 2 aromatic rings. The summed E-state index contributed by atoms with van der Waals surface area (Å²) in [6.45, 7) is 8.48. The fraction of sp³-hybridized carbons (Fsp3) is 0.500.